The molecule has 2 unspecified atom stereocenters. The minimum absolute atomic E-state index is 0. The standard InChI is InChI=1S/C23H36F2N4O6S.C16H14N2O2.C4H10.2C3H6.2H2/c1-3-16(2)21(22(32)27-36(33,34)18-6-7-18)26-15-35-13-17-5-4-11-29(17)20(31)9-8-19(30)28-12-10-23(24,25)14-28;1-19-11-6-7-12-14(9-11)18-15(10-16(12)20-2)13-5-3-4-8-17-13;1-4(2)3;2*1-3-2;;/h3,16-18,21,26H,1,4-15H2,2H3,(H,27,32);3-10H,1-2H3;4H,1-3H3;2*3H,1H2,2H3;2*1H/t16?,17-,21?;;;;;;/m0....../s1. The van der Waals surface area contributed by atoms with Crippen LogP contribution < -0.4 is 19.5 Å². The van der Waals surface area contributed by atoms with Gasteiger partial charge in [-0.05, 0) is 75.6 Å². The Morgan fingerprint density at radius 3 is 2.14 bits per heavy atom. The maximum Gasteiger partial charge on any atom is 0.267 e. The summed E-state index contributed by atoms with van der Waals surface area (Å²) in [5, 5.41) is 3.35. The van der Waals surface area contributed by atoms with E-state index in [2.05, 4.69) is 60.5 Å². The fourth-order valence-corrected chi connectivity index (χ4v) is 7.91. The van der Waals surface area contributed by atoms with E-state index in [1.165, 1.54) is 0 Å². The van der Waals surface area contributed by atoms with Gasteiger partial charge in [-0.3, -0.25) is 29.4 Å². The Balaban J connectivity index is 0.00000118. The quantitative estimate of drug-likeness (QED) is 0.0800. The number of nitrogens with one attached hydrogen (secondary N) is 2. The molecule has 2 N–H and O–H groups in total. The van der Waals surface area contributed by atoms with E-state index in [1.54, 1.807) is 50.5 Å². The minimum atomic E-state index is -3.68. The number of likely N-dealkylation sites (tertiary alicyclic amines) is 2. The first kappa shape index (κ1) is 56.9. The van der Waals surface area contributed by atoms with Crippen LogP contribution in [0.25, 0.3) is 22.3 Å². The molecular formula is C49H76F2N6O8S. The lowest BCUT2D eigenvalue weighted by Crippen LogP contribution is -2.50. The summed E-state index contributed by atoms with van der Waals surface area (Å²) in [4.78, 5) is 49.1. The van der Waals surface area contributed by atoms with Crippen molar-refractivity contribution < 1.29 is 48.6 Å². The van der Waals surface area contributed by atoms with Crippen LogP contribution in [0, 0.1) is 11.8 Å². The number of benzene rings is 1. The van der Waals surface area contributed by atoms with Gasteiger partial charge in [0.05, 0.1) is 68.3 Å². The van der Waals surface area contributed by atoms with Crippen LogP contribution in [0.15, 0.2) is 86.6 Å². The Hall–Kier alpha value is -5.26. The molecule has 1 aromatic carbocycles. The van der Waals surface area contributed by atoms with Crippen LogP contribution in [-0.4, -0.2) is 116 Å². The van der Waals surface area contributed by atoms with Gasteiger partial charge in [0.25, 0.3) is 11.8 Å². The topological polar surface area (TPSA) is 169 Å². The molecule has 1 aliphatic carbocycles. The molecule has 17 heteroatoms. The summed E-state index contributed by atoms with van der Waals surface area (Å²) in [5.74, 6) is -2.18. The molecule has 0 bridgehead atoms. The molecule has 2 aromatic heterocycles. The molecule has 2 saturated heterocycles. The molecule has 370 valence electrons. The van der Waals surface area contributed by atoms with Crippen molar-refractivity contribution in [2.45, 2.75) is 110 Å². The molecule has 14 nitrogen and oxygen atoms in total. The van der Waals surface area contributed by atoms with E-state index in [1.807, 2.05) is 56.3 Å². The molecule has 1 saturated carbocycles. The van der Waals surface area contributed by atoms with Gasteiger partial charge in [-0.25, -0.2) is 22.2 Å². The molecule has 66 heavy (non-hydrogen) atoms. The molecule has 3 amide bonds. The average molecular weight is 947 g/mol. The largest absolute Gasteiger partial charge is 0.497 e. The number of allylic oxidation sites excluding steroid dienone is 2. The number of hydrogen-bond donors (Lipinski definition) is 2. The second-order valence-electron chi connectivity index (χ2n) is 16.7. The number of hydrogen-bond acceptors (Lipinski definition) is 11. The number of nitrogens with zero attached hydrogens (tertiary/aromatic N) is 4. The molecular weight excluding hydrogens is 871 g/mol. The number of aromatic nitrogens is 2. The smallest absolute Gasteiger partial charge is 0.267 e. The SMILES string of the molecule is C=CC.C=CC.C=CC(C)C(NCOC[C@@H]1CCCN1C(=O)CCC(=O)N1CCC(F)(F)C1)C(=O)NS(=O)(=O)C1CC1.CC(C)C.COc1ccc2c(OC)cc(-c3ccccn3)nc2c1.[HH].[HH]. The number of carbonyl (C=O) groups is 3. The lowest BCUT2D eigenvalue weighted by Gasteiger charge is -2.26. The molecule has 2 aliphatic heterocycles. The van der Waals surface area contributed by atoms with E-state index in [4.69, 9.17) is 14.2 Å². The molecule has 4 heterocycles. The number of halogens is 2. The normalized spacial score (nSPS) is 16.9. The zero-order chi connectivity index (χ0) is 49.5. The molecule has 0 radical (unpaired) electrons. The van der Waals surface area contributed by atoms with Crippen molar-refractivity contribution >= 4 is 38.6 Å². The molecule has 3 aliphatic rings. The highest BCUT2D eigenvalue weighted by molar-refractivity contribution is 7.90. The van der Waals surface area contributed by atoms with Gasteiger partial charge in [0.15, 0.2) is 0 Å². The van der Waals surface area contributed by atoms with Gasteiger partial charge in [0.2, 0.25) is 21.8 Å². The van der Waals surface area contributed by atoms with Crippen molar-refractivity contribution in [1.82, 2.24) is 29.8 Å². The van der Waals surface area contributed by atoms with Gasteiger partial charge >= 0.3 is 0 Å². The summed E-state index contributed by atoms with van der Waals surface area (Å²) >= 11 is 0. The zero-order valence-electron chi connectivity index (χ0n) is 40.1. The maximum atomic E-state index is 13.3. The van der Waals surface area contributed by atoms with Gasteiger partial charge in [0, 0.05) is 58.9 Å². The number of pyridine rings is 2. The summed E-state index contributed by atoms with van der Waals surface area (Å²) in [6.45, 7) is 22.5. The van der Waals surface area contributed by atoms with E-state index in [-0.39, 0.29) is 59.9 Å². The summed E-state index contributed by atoms with van der Waals surface area (Å²) in [5.41, 5.74) is 2.42. The molecule has 3 atom stereocenters. The number of sulfonamides is 1. The zero-order valence-corrected chi connectivity index (χ0v) is 40.9. The first-order valence-electron chi connectivity index (χ1n) is 22.3. The first-order valence-corrected chi connectivity index (χ1v) is 23.9. The van der Waals surface area contributed by atoms with Crippen molar-refractivity contribution in [1.29, 1.82) is 0 Å². The highest BCUT2D eigenvalue weighted by Gasteiger charge is 2.41. The second-order valence-corrected chi connectivity index (χ2v) is 18.6. The third-order valence-corrected chi connectivity index (χ3v) is 11.8. The van der Waals surface area contributed by atoms with E-state index >= 15 is 0 Å². The number of ether oxygens (including phenoxy) is 3. The van der Waals surface area contributed by atoms with Crippen molar-refractivity contribution in [3.63, 3.8) is 0 Å². The lowest BCUT2D eigenvalue weighted by atomic mass is 10.0. The van der Waals surface area contributed by atoms with Gasteiger partial charge in [0.1, 0.15) is 11.5 Å². The van der Waals surface area contributed by atoms with Crippen LogP contribution in [0.2, 0.25) is 0 Å². The van der Waals surface area contributed by atoms with E-state index < -0.39 is 45.6 Å². The van der Waals surface area contributed by atoms with Crippen LogP contribution in [-0.2, 0) is 29.1 Å². The van der Waals surface area contributed by atoms with Gasteiger partial charge in [-0.1, -0.05) is 52.0 Å². The molecule has 3 fully saturated rings. The number of alkyl halides is 2. The van der Waals surface area contributed by atoms with E-state index in [0.717, 1.165) is 51.0 Å². The van der Waals surface area contributed by atoms with Gasteiger partial charge in [-0.2, -0.15) is 0 Å². The van der Waals surface area contributed by atoms with Crippen LogP contribution >= 0.6 is 0 Å². The summed E-state index contributed by atoms with van der Waals surface area (Å²) in [6, 6.07) is 12.3. The van der Waals surface area contributed by atoms with Crippen LogP contribution in [0.1, 0.15) is 89.3 Å². The van der Waals surface area contributed by atoms with Crippen molar-refractivity contribution in [2.24, 2.45) is 11.8 Å². The van der Waals surface area contributed by atoms with Crippen molar-refractivity contribution in [2.75, 3.05) is 47.2 Å². The maximum absolute atomic E-state index is 13.3. The molecule has 6 rings (SSSR count). The summed E-state index contributed by atoms with van der Waals surface area (Å²) in [6.07, 6.45) is 8.85. The first-order chi connectivity index (χ1) is 31.3. The fraction of sp³-hybridized carbons (Fsp3) is 0.531. The Morgan fingerprint density at radius 1 is 0.939 bits per heavy atom. The molecule has 0 spiro atoms. The van der Waals surface area contributed by atoms with Crippen molar-refractivity contribution in [3.8, 4) is 22.9 Å². The Morgan fingerprint density at radius 2 is 1.59 bits per heavy atom. The monoisotopic (exact) mass is 947 g/mol. The summed E-state index contributed by atoms with van der Waals surface area (Å²) in [7, 11) is -0.386. The predicted octanol–water partition coefficient (Wildman–Crippen LogP) is 8.84. The molecule has 3 aromatic rings. The Labute approximate surface area is 394 Å². The number of amides is 3. The number of methoxy groups -OCH3 is 2. The Bertz CT molecular complexity index is 2130. The Kier molecular flexibility index (Phi) is 24.7. The van der Waals surface area contributed by atoms with E-state index in [0.29, 0.717) is 25.8 Å². The average Bonchev–Trinajstić information content (AvgIpc) is 3.95. The van der Waals surface area contributed by atoms with Gasteiger partial charge < -0.3 is 24.0 Å². The highest BCUT2D eigenvalue weighted by Crippen LogP contribution is 2.32. The van der Waals surface area contributed by atoms with Crippen LogP contribution in [0.4, 0.5) is 8.78 Å². The number of fused-ring (bicyclic) bond motifs is 1. The van der Waals surface area contributed by atoms with Gasteiger partial charge in [-0.15, -0.1) is 19.7 Å². The summed E-state index contributed by atoms with van der Waals surface area (Å²) < 4.78 is 69.4. The highest BCUT2D eigenvalue weighted by atomic mass is 32.2. The minimum Gasteiger partial charge on any atom is -0.497 e. The second kappa shape index (κ2) is 28.7. The van der Waals surface area contributed by atoms with Crippen molar-refractivity contribution in [3.05, 3.63) is 86.6 Å². The number of rotatable bonds is 16. The van der Waals surface area contributed by atoms with Crippen LogP contribution in [0.3, 0.4) is 0 Å². The van der Waals surface area contributed by atoms with E-state index in [9.17, 15) is 31.6 Å². The third-order valence-electron chi connectivity index (χ3n) is 10.0. The third kappa shape index (κ3) is 19.3. The number of carbonyl (C=O) groups excluding carboxylic acids is 3. The van der Waals surface area contributed by atoms with Crippen LogP contribution in [0.5, 0.6) is 11.5 Å². The lowest BCUT2D eigenvalue weighted by molar-refractivity contribution is -0.138. The fourth-order valence-electron chi connectivity index (χ4n) is 6.58. The predicted molar refractivity (Wildman–Crippen MR) is 262 cm³/mol.